The number of anilines is 2. The van der Waals surface area contributed by atoms with Crippen LogP contribution in [-0.4, -0.2) is 31.4 Å². The van der Waals surface area contributed by atoms with Crippen LogP contribution < -0.4 is 10.2 Å². The van der Waals surface area contributed by atoms with E-state index in [0.717, 1.165) is 16.1 Å². The summed E-state index contributed by atoms with van der Waals surface area (Å²) >= 11 is 1.64. The van der Waals surface area contributed by atoms with Gasteiger partial charge in [-0.15, -0.1) is 11.8 Å². The van der Waals surface area contributed by atoms with Crippen LogP contribution in [0.25, 0.3) is 0 Å². The quantitative estimate of drug-likeness (QED) is 0.576. The number of hydrogen-bond acceptors (Lipinski definition) is 5. The number of hydrogen-bond donors (Lipinski definition) is 1. The summed E-state index contributed by atoms with van der Waals surface area (Å²) in [5.41, 5.74) is 2.75. The number of nitrogens with zero attached hydrogens (tertiary/aromatic N) is 1. The molecular formula is C25H22N2O4S. The first kappa shape index (κ1) is 21.6. The van der Waals surface area contributed by atoms with Crippen LogP contribution in [0, 0.1) is 0 Å². The lowest BCUT2D eigenvalue weighted by Crippen LogP contribution is -2.38. The molecule has 1 N–H and O–H groups in total. The molecule has 1 unspecified atom stereocenters. The average molecular weight is 447 g/mol. The lowest BCUT2D eigenvalue weighted by molar-refractivity contribution is -0.121. The average Bonchev–Trinajstić information content (AvgIpc) is 2.96. The number of thioether (sulfide) groups is 1. The summed E-state index contributed by atoms with van der Waals surface area (Å²) in [5.74, 6) is -0.866. The van der Waals surface area contributed by atoms with Crippen LogP contribution in [0.4, 0.5) is 11.4 Å². The van der Waals surface area contributed by atoms with Gasteiger partial charge in [-0.05, 0) is 42.0 Å². The fourth-order valence-corrected chi connectivity index (χ4v) is 4.84. The summed E-state index contributed by atoms with van der Waals surface area (Å²) in [6.07, 6.45) is 0.296. The van der Waals surface area contributed by atoms with Crippen LogP contribution in [0.15, 0.2) is 83.8 Å². The predicted octanol–water partition coefficient (Wildman–Crippen LogP) is 4.68. The molecule has 1 aliphatic rings. The van der Waals surface area contributed by atoms with Crippen LogP contribution >= 0.6 is 11.8 Å². The molecule has 3 aromatic rings. The van der Waals surface area contributed by atoms with Gasteiger partial charge in [-0.25, -0.2) is 4.79 Å². The highest BCUT2D eigenvalue weighted by Crippen LogP contribution is 2.45. The Morgan fingerprint density at radius 3 is 2.41 bits per heavy atom. The molecule has 4 rings (SSSR count). The molecule has 0 aliphatic carbocycles. The van der Waals surface area contributed by atoms with Crippen molar-refractivity contribution in [2.75, 3.05) is 23.9 Å². The first-order valence-electron chi connectivity index (χ1n) is 10.1. The molecule has 32 heavy (non-hydrogen) atoms. The zero-order valence-electron chi connectivity index (χ0n) is 17.5. The van der Waals surface area contributed by atoms with Gasteiger partial charge in [-0.1, -0.05) is 42.5 Å². The normalized spacial score (nSPS) is 15.5. The van der Waals surface area contributed by atoms with Crippen LogP contribution in [-0.2, 0) is 14.3 Å². The molecule has 3 aromatic carbocycles. The number of nitrogens with one attached hydrogen (secondary N) is 1. The van der Waals surface area contributed by atoms with Crippen molar-refractivity contribution in [1.82, 2.24) is 0 Å². The van der Waals surface area contributed by atoms with Gasteiger partial charge in [0, 0.05) is 22.3 Å². The van der Waals surface area contributed by atoms with Crippen LogP contribution in [0.5, 0.6) is 0 Å². The molecule has 6 nitrogen and oxygen atoms in total. The van der Waals surface area contributed by atoms with E-state index in [2.05, 4.69) is 10.1 Å². The summed E-state index contributed by atoms with van der Waals surface area (Å²) < 4.78 is 4.68. The Morgan fingerprint density at radius 2 is 1.69 bits per heavy atom. The maximum Gasteiger partial charge on any atom is 0.337 e. The molecule has 0 spiro atoms. The molecular weight excluding hydrogens is 424 g/mol. The van der Waals surface area contributed by atoms with Crippen molar-refractivity contribution in [1.29, 1.82) is 0 Å². The van der Waals surface area contributed by atoms with Gasteiger partial charge < -0.3 is 15.0 Å². The third-order valence-corrected chi connectivity index (χ3v) is 6.47. The van der Waals surface area contributed by atoms with E-state index in [1.54, 1.807) is 40.9 Å². The van der Waals surface area contributed by atoms with Gasteiger partial charge in [-0.3, -0.25) is 9.59 Å². The molecule has 0 saturated carbocycles. The molecule has 162 valence electrons. The predicted molar refractivity (Wildman–Crippen MR) is 125 cm³/mol. The van der Waals surface area contributed by atoms with E-state index >= 15 is 0 Å². The van der Waals surface area contributed by atoms with Gasteiger partial charge in [0.2, 0.25) is 11.8 Å². The first-order valence-corrected chi connectivity index (χ1v) is 11.0. The molecule has 0 fully saturated rings. The summed E-state index contributed by atoms with van der Waals surface area (Å²) in [5, 5.41) is 2.77. The Labute approximate surface area is 190 Å². The lowest BCUT2D eigenvalue weighted by atomic mass is 10.1. The monoisotopic (exact) mass is 446 g/mol. The minimum absolute atomic E-state index is 0.0243. The van der Waals surface area contributed by atoms with Crippen molar-refractivity contribution in [2.24, 2.45) is 0 Å². The van der Waals surface area contributed by atoms with Crippen LogP contribution in [0.2, 0.25) is 0 Å². The first-order chi connectivity index (χ1) is 15.5. The Morgan fingerprint density at radius 1 is 1.00 bits per heavy atom. The second-order valence-electron chi connectivity index (χ2n) is 7.29. The third kappa shape index (κ3) is 4.84. The topological polar surface area (TPSA) is 75.7 Å². The van der Waals surface area contributed by atoms with E-state index in [9.17, 15) is 14.4 Å². The fraction of sp³-hybridized carbons (Fsp3) is 0.160. The Kier molecular flexibility index (Phi) is 6.56. The van der Waals surface area contributed by atoms with Crippen molar-refractivity contribution < 1.29 is 19.1 Å². The van der Waals surface area contributed by atoms with Crippen molar-refractivity contribution in [3.8, 4) is 0 Å². The summed E-state index contributed by atoms with van der Waals surface area (Å²) in [7, 11) is 1.31. The van der Waals surface area contributed by atoms with Crippen LogP contribution in [0.1, 0.15) is 27.6 Å². The number of amides is 2. The van der Waals surface area contributed by atoms with Gasteiger partial charge in [0.1, 0.15) is 6.54 Å². The molecule has 0 aromatic heterocycles. The second-order valence-corrected chi connectivity index (χ2v) is 8.53. The van der Waals surface area contributed by atoms with E-state index in [-0.39, 0.29) is 23.6 Å². The highest BCUT2D eigenvalue weighted by atomic mass is 32.2. The SMILES string of the molecule is COC(=O)c1ccc(NC(=O)CN2C(=O)CC(c3ccccc3)Sc3ccccc32)cc1. The van der Waals surface area contributed by atoms with E-state index in [4.69, 9.17) is 0 Å². The van der Waals surface area contributed by atoms with Crippen LogP contribution in [0.3, 0.4) is 0 Å². The summed E-state index contributed by atoms with van der Waals surface area (Å²) in [4.78, 5) is 40.0. The van der Waals surface area contributed by atoms with Crippen molar-refractivity contribution in [3.05, 3.63) is 90.0 Å². The number of benzene rings is 3. The Balaban J connectivity index is 1.52. The Hall–Kier alpha value is -3.58. The number of rotatable bonds is 5. The standard InChI is InChI=1S/C25H22N2O4S/c1-31-25(30)18-11-13-19(14-12-18)26-23(28)16-27-20-9-5-6-10-21(20)32-22(15-24(27)29)17-7-3-2-4-8-17/h2-14,22H,15-16H2,1H3,(H,26,28). The van der Waals surface area contributed by atoms with Gasteiger partial charge in [0.25, 0.3) is 0 Å². The molecule has 7 heteroatoms. The maximum atomic E-state index is 13.2. The minimum Gasteiger partial charge on any atom is -0.465 e. The molecule has 0 bridgehead atoms. The van der Waals surface area contributed by atoms with Gasteiger partial charge in [-0.2, -0.15) is 0 Å². The zero-order chi connectivity index (χ0) is 22.5. The number of ether oxygens (including phenoxy) is 1. The number of methoxy groups -OCH3 is 1. The van der Waals surface area contributed by atoms with E-state index in [1.807, 2.05) is 54.6 Å². The maximum absolute atomic E-state index is 13.2. The van der Waals surface area contributed by atoms with E-state index < -0.39 is 5.97 Å². The molecule has 1 heterocycles. The van der Waals surface area contributed by atoms with Crippen molar-refractivity contribution in [3.63, 3.8) is 0 Å². The molecule has 1 aliphatic heterocycles. The lowest BCUT2D eigenvalue weighted by Gasteiger charge is -2.22. The molecule has 2 amide bonds. The van der Waals surface area contributed by atoms with Gasteiger partial charge in [0.05, 0.1) is 18.4 Å². The number of fused-ring (bicyclic) bond motifs is 1. The smallest absolute Gasteiger partial charge is 0.337 e. The minimum atomic E-state index is -0.444. The Bertz CT molecular complexity index is 1130. The number of esters is 1. The highest BCUT2D eigenvalue weighted by molar-refractivity contribution is 7.99. The van der Waals surface area contributed by atoms with Gasteiger partial charge in [0.15, 0.2) is 0 Å². The highest BCUT2D eigenvalue weighted by Gasteiger charge is 2.30. The molecule has 1 atom stereocenters. The van der Waals surface area contributed by atoms with Crippen molar-refractivity contribution >= 4 is 40.9 Å². The number of carbonyl (C=O) groups is 3. The number of carbonyl (C=O) groups excluding carboxylic acids is 3. The van der Waals surface area contributed by atoms with Gasteiger partial charge >= 0.3 is 5.97 Å². The summed E-state index contributed by atoms with van der Waals surface area (Å²) in [6.45, 7) is -0.101. The largest absolute Gasteiger partial charge is 0.465 e. The molecule has 0 radical (unpaired) electrons. The number of para-hydroxylation sites is 1. The third-order valence-electron chi connectivity index (χ3n) is 5.15. The second kappa shape index (κ2) is 9.70. The van der Waals surface area contributed by atoms with E-state index in [1.165, 1.54) is 7.11 Å². The fourth-order valence-electron chi connectivity index (χ4n) is 3.56. The molecule has 0 saturated heterocycles. The van der Waals surface area contributed by atoms with Crippen molar-refractivity contribution in [2.45, 2.75) is 16.6 Å². The summed E-state index contributed by atoms with van der Waals surface area (Å²) in [6, 6.07) is 24.0. The van der Waals surface area contributed by atoms with E-state index in [0.29, 0.717) is 17.7 Å². The zero-order valence-corrected chi connectivity index (χ0v) is 18.3.